The lowest BCUT2D eigenvalue weighted by Crippen LogP contribution is -2.12. The highest BCUT2D eigenvalue weighted by atomic mass is 32.2. The predicted molar refractivity (Wildman–Crippen MR) is 61.1 cm³/mol. The van der Waals surface area contributed by atoms with E-state index in [4.69, 9.17) is 0 Å². The maximum atomic E-state index is 12.5. The highest BCUT2D eigenvalue weighted by molar-refractivity contribution is 8.01. The Morgan fingerprint density at radius 2 is 2.16 bits per heavy atom. The van der Waals surface area contributed by atoms with E-state index >= 15 is 0 Å². The summed E-state index contributed by atoms with van der Waals surface area (Å²) in [6, 6.07) is 1.29. The maximum Gasteiger partial charge on any atom is 0.451 e. The lowest BCUT2D eigenvalue weighted by molar-refractivity contribution is -0.387. The molecule has 0 aliphatic heterocycles. The van der Waals surface area contributed by atoms with Crippen LogP contribution in [-0.2, 0) is 13.2 Å². The Kier molecular flexibility index (Phi) is 3.49. The second kappa shape index (κ2) is 4.81. The van der Waals surface area contributed by atoms with E-state index in [9.17, 15) is 23.3 Å². The Labute approximate surface area is 112 Å². The van der Waals surface area contributed by atoms with Crippen LogP contribution in [0.5, 0.6) is 0 Å². The van der Waals surface area contributed by atoms with Crippen molar-refractivity contribution in [1.82, 2.24) is 14.8 Å². The molecule has 0 aromatic carbocycles. The van der Waals surface area contributed by atoms with Gasteiger partial charge in [-0.2, -0.15) is 13.2 Å². The molecule has 11 heteroatoms. The summed E-state index contributed by atoms with van der Waals surface area (Å²) in [6.45, 7) is 0. The van der Waals surface area contributed by atoms with Crippen LogP contribution in [-0.4, -0.2) is 19.7 Å². The Morgan fingerprint density at radius 1 is 1.47 bits per heavy atom. The topological polar surface area (TPSA) is 73.8 Å². The molecule has 0 radical (unpaired) electrons. The molecular formula is C8H5F3N4O2S2. The van der Waals surface area contributed by atoms with Gasteiger partial charge in [-0.05, 0) is 17.1 Å². The fraction of sp³-hybridized carbons (Fsp3) is 0.250. The van der Waals surface area contributed by atoms with Crippen LogP contribution in [0, 0.1) is 10.1 Å². The first-order valence-electron chi connectivity index (χ1n) is 4.67. The lowest BCUT2D eigenvalue weighted by Gasteiger charge is -2.05. The Morgan fingerprint density at radius 3 is 2.68 bits per heavy atom. The molecule has 0 fully saturated rings. The quantitative estimate of drug-likeness (QED) is 0.643. The zero-order valence-electron chi connectivity index (χ0n) is 9.21. The molecule has 19 heavy (non-hydrogen) atoms. The monoisotopic (exact) mass is 310 g/mol. The third kappa shape index (κ3) is 2.71. The van der Waals surface area contributed by atoms with Gasteiger partial charge in [0.25, 0.3) is 5.69 Å². The van der Waals surface area contributed by atoms with Crippen LogP contribution < -0.4 is 0 Å². The van der Waals surface area contributed by atoms with Gasteiger partial charge in [-0.15, -0.1) is 21.5 Å². The summed E-state index contributed by atoms with van der Waals surface area (Å²) in [5, 5.41) is 18.6. The number of alkyl halides is 3. The van der Waals surface area contributed by atoms with Gasteiger partial charge in [0.2, 0.25) is 5.82 Å². The summed E-state index contributed by atoms with van der Waals surface area (Å²) in [7, 11) is 1.16. The Bertz CT molecular complexity index is 622. The first-order chi connectivity index (χ1) is 8.80. The molecular weight excluding hydrogens is 305 g/mol. The standard InChI is InChI=1S/C8H5F3N4O2S2/c1-14-6(8(9,10)11)12-13-7(14)19-5-4(15(16)17)2-3-18-5/h2-3H,1H3. The SMILES string of the molecule is Cn1c(Sc2sccc2[N+](=O)[O-])nnc1C(F)(F)F. The number of nitrogens with zero attached hydrogens (tertiary/aromatic N) is 4. The Balaban J connectivity index is 2.32. The number of halogens is 3. The average Bonchev–Trinajstić information content (AvgIpc) is 2.86. The maximum absolute atomic E-state index is 12.5. The summed E-state index contributed by atoms with van der Waals surface area (Å²) >= 11 is 1.84. The third-order valence-corrected chi connectivity index (χ3v) is 4.25. The molecule has 0 aliphatic rings. The van der Waals surface area contributed by atoms with Crippen molar-refractivity contribution in [2.75, 3.05) is 0 Å². The van der Waals surface area contributed by atoms with Crippen molar-refractivity contribution < 1.29 is 18.1 Å². The largest absolute Gasteiger partial charge is 0.451 e. The first-order valence-corrected chi connectivity index (χ1v) is 6.36. The van der Waals surface area contributed by atoms with Gasteiger partial charge >= 0.3 is 6.18 Å². The molecule has 0 N–H and O–H groups in total. The van der Waals surface area contributed by atoms with Crippen LogP contribution in [0.3, 0.4) is 0 Å². The second-order valence-corrected chi connectivity index (χ2v) is 5.47. The highest BCUT2D eigenvalue weighted by Gasteiger charge is 2.37. The first kappa shape index (κ1) is 13.8. The smallest absolute Gasteiger partial charge is 0.301 e. The Hall–Kier alpha value is -1.62. The van der Waals surface area contributed by atoms with E-state index in [1.54, 1.807) is 0 Å². The molecule has 0 atom stereocenters. The summed E-state index contributed by atoms with van der Waals surface area (Å²) < 4.78 is 38.5. The van der Waals surface area contributed by atoms with Crippen molar-refractivity contribution in [1.29, 1.82) is 0 Å². The van der Waals surface area contributed by atoms with Crippen LogP contribution in [0.4, 0.5) is 18.9 Å². The molecule has 0 bridgehead atoms. The number of hydrogen-bond donors (Lipinski definition) is 0. The van der Waals surface area contributed by atoms with E-state index in [2.05, 4.69) is 10.2 Å². The molecule has 6 nitrogen and oxygen atoms in total. The lowest BCUT2D eigenvalue weighted by atomic mass is 10.6. The number of rotatable bonds is 3. The summed E-state index contributed by atoms with van der Waals surface area (Å²) in [4.78, 5) is 10.1. The van der Waals surface area contributed by atoms with Crippen LogP contribution in [0.1, 0.15) is 5.82 Å². The minimum Gasteiger partial charge on any atom is -0.301 e. The molecule has 2 rings (SSSR count). The van der Waals surface area contributed by atoms with Crippen molar-refractivity contribution >= 4 is 28.8 Å². The van der Waals surface area contributed by atoms with Gasteiger partial charge < -0.3 is 4.57 Å². The average molecular weight is 310 g/mol. The number of hydrogen-bond acceptors (Lipinski definition) is 6. The molecule has 0 saturated heterocycles. The van der Waals surface area contributed by atoms with Gasteiger partial charge in [0.05, 0.1) is 4.92 Å². The molecule has 0 aliphatic carbocycles. The highest BCUT2D eigenvalue weighted by Crippen LogP contribution is 2.39. The van der Waals surface area contributed by atoms with Gasteiger partial charge in [-0.3, -0.25) is 10.1 Å². The molecule has 0 saturated carbocycles. The van der Waals surface area contributed by atoms with E-state index in [0.29, 0.717) is 0 Å². The summed E-state index contributed by atoms with van der Waals surface area (Å²) in [6.07, 6.45) is -4.61. The third-order valence-electron chi connectivity index (χ3n) is 2.08. The molecule has 2 aromatic heterocycles. The molecule has 0 unspecified atom stereocenters. The summed E-state index contributed by atoms with van der Waals surface area (Å²) in [5.41, 5.74) is -0.161. The fourth-order valence-electron chi connectivity index (χ4n) is 1.23. The second-order valence-electron chi connectivity index (χ2n) is 3.32. The predicted octanol–water partition coefficient (Wildman–Crippen LogP) is 2.95. The zero-order chi connectivity index (χ0) is 14.2. The van der Waals surface area contributed by atoms with Gasteiger partial charge in [0.15, 0.2) is 5.16 Å². The summed E-state index contributed by atoms with van der Waals surface area (Å²) in [5.74, 6) is -1.14. The normalized spacial score (nSPS) is 11.8. The van der Waals surface area contributed by atoms with Gasteiger partial charge in [0, 0.05) is 13.1 Å². The number of thiophene rings is 1. The van der Waals surface area contributed by atoms with Crippen LogP contribution in [0.25, 0.3) is 0 Å². The van der Waals surface area contributed by atoms with Crippen LogP contribution >= 0.6 is 23.1 Å². The molecule has 0 spiro atoms. The molecule has 2 aromatic rings. The van der Waals surface area contributed by atoms with Crippen molar-refractivity contribution in [3.8, 4) is 0 Å². The minimum absolute atomic E-state index is 0.0575. The van der Waals surface area contributed by atoms with Crippen LogP contribution in [0.2, 0.25) is 0 Å². The fourth-order valence-corrected chi connectivity index (χ4v) is 3.12. The van der Waals surface area contributed by atoms with Crippen LogP contribution in [0.15, 0.2) is 20.8 Å². The zero-order valence-corrected chi connectivity index (χ0v) is 10.8. The van der Waals surface area contributed by atoms with E-state index in [1.165, 1.54) is 11.4 Å². The minimum atomic E-state index is -4.61. The van der Waals surface area contributed by atoms with Crippen molar-refractivity contribution in [3.05, 3.63) is 27.4 Å². The van der Waals surface area contributed by atoms with Crippen molar-refractivity contribution in [3.63, 3.8) is 0 Å². The van der Waals surface area contributed by atoms with E-state index in [0.717, 1.165) is 34.7 Å². The molecule has 0 amide bonds. The van der Waals surface area contributed by atoms with Crippen molar-refractivity contribution in [2.45, 2.75) is 15.5 Å². The van der Waals surface area contributed by atoms with Crippen molar-refractivity contribution in [2.24, 2.45) is 7.05 Å². The van der Waals surface area contributed by atoms with Gasteiger partial charge in [0.1, 0.15) is 4.21 Å². The van der Waals surface area contributed by atoms with E-state index in [-0.39, 0.29) is 15.1 Å². The molecule has 102 valence electrons. The van der Waals surface area contributed by atoms with Gasteiger partial charge in [-0.25, -0.2) is 0 Å². The van der Waals surface area contributed by atoms with E-state index < -0.39 is 16.9 Å². The number of nitro groups is 1. The van der Waals surface area contributed by atoms with E-state index in [1.807, 2.05) is 0 Å². The van der Waals surface area contributed by atoms with Gasteiger partial charge in [-0.1, -0.05) is 0 Å². The molecule has 2 heterocycles. The number of aromatic nitrogens is 3.